The number of fused-ring (bicyclic) bond motifs is 1. The van der Waals surface area contributed by atoms with Crippen molar-refractivity contribution in [1.29, 1.82) is 0 Å². The maximum atomic E-state index is 10.7. The van der Waals surface area contributed by atoms with Crippen LogP contribution in [-0.4, -0.2) is 43.9 Å². The molecule has 2 atom stereocenters. The molecule has 3 heteroatoms. The van der Waals surface area contributed by atoms with Gasteiger partial charge in [0.05, 0.1) is 0 Å². The van der Waals surface area contributed by atoms with E-state index in [4.69, 9.17) is 0 Å². The van der Waals surface area contributed by atoms with Gasteiger partial charge in [0.2, 0.25) is 0 Å². The zero-order chi connectivity index (χ0) is 13.2. The van der Waals surface area contributed by atoms with Crippen molar-refractivity contribution < 1.29 is 4.79 Å². The fourth-order valence-electron chi connectivity index (χ4n) is 3.65. The number of hydrogen-bond acceptors (Lipinski definition) is 3. The van der Waals surface area contributed by atoms with E-state index in [1.54, 1.807) is 0 Å². The van der Waals surface area contributed by atoms with Gasteiger partial charge in [-0.05, 0) is 63.0 Å². The number of likely N-dealkylation sites (tertiary alicyclic amines) is 1. The molecule has 2 saturated heterocycles. The molecule has 0 bridgehead atoms. The molecule has 1 aromatic rings. The average molecular weight is 258 g/mol. The van der Waals surface area contributed by atoms with E-state index < -0.39 is 0 Å². The molecule has 0 radical (unpaired) electrons. The Morgan fingerprint density at radius 2 is 1.95 bits per heavy atom. The van der Waals surface area contributed by atoms with Gasteiger partial charge < -0.3 is 9.80 Å². The zero-order valence-electron chi connectivity index (χ0n) is 11.6. The highest BCUT2D eigenvalue weighted by molar-refractivity contribution is 5.75. The summed E-state index contributed by atoms with van der Waals surface area (Å²) in [5, 5.41) is 0. The molecule has 2 heterocycles. The van der Waals surface area contributed by atoms with Crippen molar-refractivity contribution in [2.24, 2.45) is 5.92 Å². The molecule has 1 aromatic carbocycles. The first-order valence-electron chi connectivity index (χ1n) is 7.28. The van der Waals surface area contributed by atoms with Crippen molar-refractivity contribution in [2.75, 3.05) is 31.6 Å². The van der Waals surface area contributed by atoms with Crippen LogP contribution in [0.5, 0.6) is 0 Å². The van der Waals surface area contributed by atoms with E-state index in [1.807, 2.05) is 12.1 Å². The topological polar surface area (TPSA) is 23.6 Å². The van der Waals surface area contributed by atoms with Gasteiger partial charge in [0.15, 0.2) is 0 Å². The lowest BCUT2D eigenvalue weighted by Gasteiger charge is -2.46. The minimum atomic E-state index is 0.760. The minimum Gasteiger partial charge on any atom is -0.371 e. The molecule has 0 saturated carbocycles. The molecule has 2 aliphatic heterocycles. The Morgan fingerprint density at radius 3 is 2.68 bits per heavy atom. The summed E-state index contributed by atoms with van der Waals surface area (Å²) in [6, 6.07) is 8.77. The second kappa shape index (κ2) is 5.33. The van der Waals surface area contributed by atoms with Crippen LogP contribution in [0.15, 0.2) is 24.3 Å². The van der Waals surface area contributed by atoms with E-state index >= 15 is 0 Å². The Kier molecular flexibility index (Phi) is 3.56. The highest BCUT2D eigenvalue weighted by Crippen LogP contribution is 2.31. The summed E-state index contributed by atoms with van der Waals surface area (Å²) in [4.78, 5) is 15.7. The fourth-order valence-corrected chi connectivity index (χ4v) is 3.65. The quantitative estimate of drug-likeness (QED) is 0.761. The number of rotatable bonds is 2. The van der Waals surface area contributed by atoms with Crippen molar-refractivity contribution in [1.82, 2.24) is 4.90 Å². The first-order valence-corrected chi connectivity index (χ1v) is 7.28. The number of aldehydes is 1. The van der Waals surface area contributed by atoms with Gasteiger partial charge in [-0.2, -0.15) is 0 Å². The van der Waals surface area contributed by atoms with Crippen LogP contribution in [0.4, 0.5) is 5.69 Å². The lowest BCUT2D eigenvalue weighted by molar-refractivity contribution is 0.102. The van der Waals surface area contributed by atoms with Gasteiger partial charge in [0.25, 0.3) is 0 Å². The molecule has 19 heavy (non-hydrogen) atoms. The average Bonchev–Trinajstić information content (AvgIpc) is 2.47. The second-order valence-corrected chi connectivity index (χ2v) is 5.89. The number of benzene rings is 1. The molecule has 3 nitrogen and oxygen atoms in total. The first-order chi connectivity index (χ1) is 9.28. The van der Waals surface area contributed by atoms with Gasteiger partial charge in [0, 0.05) is 30.4 Å². The van der Waals surface area contributed by atoms with Crippen LogP contribution in [0.3, 0.4) is 0 Å². The van der Waals surface area contributed by atoms with Crippen LogP contribution in [0.25, 0.3) is 0 Å². The van der Waals surface area contributed by atoms with Crippen LogP contribution in [-0.2, 0) is 0 Å². The van der Waals surface area contributed by atoms with Gasteiger partial charge >= 0.3 is 0 Å². The molecule has 0 amide bonds. The van der Waals surface area contributed by atoms with Crippen molar-refractivity contribution in [3.05, 3.63) is 29.8 Å². The van der Waals surface area contributed by atoms with Gasteiger partial charge in [-0.25, -0.2) is 0 Å². The van der Waals surface area contributed by atoms with E-state index in [1.165, 1.54) is 31.5 Å². The molecule has 3 rings (SSSR count). The smallest absolute Gasteiger partial charge is 0.150 e. The van der Waals surface area contributed by atoms with E-state index in [0.717, 1.165) is 36.9 Å². The minimum absolute atomic E-state index is 0.760. The highest BCUT2D eigenvalue weighted by atomic mass is 16.1. The summed E-state index contributed by atoms with van der Waals surface area (Å²) in [6.45, 7) is 3.55. The third kappa shape index (κ3) is 2.52. The van der Waals surface area contributed by atoms with Crippen molar-refractivity contribution >= 4 is 12.0 Å². The number of piperidine rings is 2. The summed E-state index contributed by atoms with van der Waals surface area (Å²) in [6.07, 6.45) is 4.86. The van der Waals surface area contributed by atoms with Gasteiger partial charge in [-0.15, -0.1) is 0 Å². The van der Waals surface area contributed by atoms with Crippen LogP contribution in [0.2, 0.25) is 0 Å². The number of carbonyl (C=O) groups excluding carboxylic acids is 1. The van der Waals surface area contributed by atoms with Crippen molar-refractivity contribution in [2.45, 2.75) is 25.3 Å². The Labute approximate surface area is 115 Å². The summed E-state index contributed by atoms with van der Waals surface area (Å²) >= 11 is 0. The normalized spacial score (nSPS) is 27.9. The van der Waals surface area contributed by atoms with Gasteiger partial charge in [0.1, 0.15) is 6.29 Å². The molecule has 2 unspecified atom stereocenters. The maximum Gasteiger partial charge on any atom is 0.150 e. The standard InChI is InChI=1S/C16H22N2O/c1-17-9-2-3-14-11-18(10-8-16(14)17)15-6-4-13(12-19)5-7-15/h4-7,12,14,16H,2-3,8-11H2,1H3. The fraction of sp³-hybridized carbons (Fsp3) is 0.562. The molecular formula is C16H22N2O. The number of hydrogen-bond donors (Lipinski definition) is 0. The van der Waals surface area contributed by atoms with E-state index in [0.29, 0.717) is 0 Å². The van der Waals surface area contributed by atoms with Crippen LogP contribution < -0.4 is 4.90 Å². The summed E-state index contributed by atoms with van der Waals surface area (Å²) in [5.41, 5.74) is 2.02. The Hall–Kier alpha value is -1.35. The largest absolute Gasteiger partial charge is 0.371 e. The molecule has 0 aliphatic carbocycles. The van der Waals surface area contributed by atoms with Gasteiger partial charge in [-0.1, -0.05) is 0 Å². The van der Waals surface area contributed by atoms with Gasteiger partial charge in [-0.3, -0.25) is 4.79 Å². The Balaban J connectivity index is 1.71. The van der Waals surface area contributed by atoms with Crippen LogP contribution in [0, 0.1) is 5.92 Å². The van der Waals surface area contributed by atoms with Crippen LogP contribution >= 0.6 is 0 Å². The molecule has 102 valence electrons. The lowest BCUT2D eigenvalue weighted by Crippen LogP contribution is -2.52. The Bertz CT molecular complexity index is 443. The summed E-state index contributed by atoms with van der Waals surface area (Å²) in [7, 11) is 2.27. The van der Waals surface area contributed by atoms with E-state index in [-0.39, 0.29) is 0 Å². The maximum absolute atomic E-state index is 10.7. The summed E-state index contributed by atoms with van der Waals surface area (Å²) in [5.74, 6) is 0.804. The zero-order valence-corrected chi connectivity index (χ0v) is 11.6. The first kappa shape index (κ1) is 12.7. The predicted octanol–water partition coefficient (Wildman–Crippen LogP) is 2.42. The van der Waals surface area contributed by atoms with E-state index in [9.17, 15) is 4.79 Å². The molecule has 0 N–H and O–H groups in total. The molecule has 0 spiro atoms. The third-order valence-electron chi connectivity index (χ3n) is 4.74. The number of carbonyl (C=O) groups is 1. The molecule has 0 aromatic heterocycles. The molecule has 2 aliphatic rings. The predicted molar refractivity (Wildman–Crippen MR) is 77.8 cm³/mol. The lowest BCUT2D eigenvalue weighted by atomic mass is 9.84. The molecule has 2 fully saturated rings. The molecular weight excluding hydrogens is 236 g/mol. The van der Waals surface area contributed by atoms with Crippen molar-refractivity contribution in [3.8, 4) is 0 Å². The van der Waals surface area contributed by atoms with Crippen molar-refractivity contribution in [3.63, 3.8) is 0 Å². The number of anilines is 1. The SMILES string of the molecule is CN1CCCC2CN(c3ccc(C=O)cc3)CCC21. The number of nitrogens with zero attached hydrogens (tertiary/aromatic N) is 2. The monoisotopic (exact) mass is 258 g/mol. The summed E-state index contributed by atoms with van der Waals surface area (Å²) < 4.78 is 0. The second-order valence-electron chi connectivity index (χ2n) is 5.89. The third-order valence-corrected chi connectivity index (χ3v) is 4.74. The van der Waals surface area contributed by atoms with Crippen LogP contribution in [0.1, 0.15) is 29.6 Å². The Morgan fingerprint density at radius 1 is 1.16 bits per heavy atom. The highest BCUT2D eigenvalue weighted by Gasteiger charge is 2.34. The van der Waals surface area contributed by atoms with E-state index in [2.05, 4.69) is 29.0 Å².